The van der Waals surface area contributed by atoms with Gasteiger partial charge in [0.25, 0.3) is 0 Å². The maximum absolute atomic E-state index is 14.6. The van der Waals surface area contributed by atoms with E-state index >= 15 is 0 Å². The first-order chi connectivity index (χ1) is 18.9. The molecule has 1 spiro atoms. The van der Waals surface area contributed by atoms with E-state index in [0.29, 0.717) is 21.7 Å². The average Bonchev–Trinajstić information content (AvgIpc) is 3.40. The van der Waals surface area contributed by atoms with E-state index in [1.54, 1.807) is 36.4 Å². The molecular formula is C34H24ClNO3. The molecule has 5 heteroatoms. The van der Waals surface area contributed by atoms with Gasteiger partial charge in [0.2, 0.25) is 0 Å². The molecule has 0 radical (unpaired) electrons. The van der Waals surface area contributed by atoms with Crippen molar-refractivity contribution in [3.8, 4) is 0 Å². The highest BCUT2D eigenvalue weighted by Crippen LogP contribution is 2.61. The van der Waals surface area contributed by atoms with Crippen LogP contribution in [-0.2, 0) is 0 Å². The quantitative estimate of drug-likeness (QED) is 0.212. The zero-order valence-electron chi connectivity index (χ0n) is 21.2. The Morgan fingerprint density at radius 1 is 0.795 bits per heavy atom. The molecule has 1 fully saturated rings. The molecule has 2 aliphatic heterocycles. The van der Waals surface area contributed by atoms with Crippen LogP contribution < -0.4 is 4.90 Å². The number of fused-ring (bicyclic) bond motifs is 5. The van der Waals surface area contributed by atoms with Crippen LogP contribution in [0.2, 0.25) is 5.02 Å². The number of carbonyl (C=O) groups is 3. The van der Waals surface area contributed by atoms with E-state index in [-0.39, 0.29) is 17.3 Å². The molecule has 2 heterocycles. The van der Waals surface area contributed by atoms with E-state index in [4.69, 9.17) is 11.6 Å². The van der Waals surface area contributed by atoms with Crippen LogP contribution in [0.4, 0.5) is 5.69 Å². The van der Waals surface area contributed by atoms with Gasteiger partial charge in [0.15, 0.2) is 17.3 Å². The van der Waals surface area contributed by atoms with Gasteiger partial charge in [0, 0.05) is 33.3 Å². The van der Waals surface area contributed by atoms with Crippen molar-refractivity contribution in [2.75, 3.05) is 4.90 Å². The molecule has 4 nitrogen and oxygen atoms in total. The maximum Gasteiger partial charge on any atom is 0.185 e. The second-order valence-electron chi connectivity index (χ2n) is 10.5. The van der Waals surface area contributed by atoms with Gasteiger partial charge < -0.3 is 4.90 Å². The molecule has 0 saturated carbocycles. The SMILES string of the molecule is Cc1ccc(C(=O)[C@H]2[C@H](c3ccc(Cl)cc3)C3(C(=O)c4ccccc4C3=O)C3C=Cc4ccccc4N32)cc1. The molecule has 190 valence electrons. The van der Waals surface area contributed by atoms with Gasteiger partial charge in [-0.3, -0.25) is 14.4 Å². The van der Waals surface area contributed by atoms with Gasteiger partial charge in [-0.1, -0.05) is 108 Å². The normalized spacial score (nSPS) is 22.1. The van der Waals surface area contributed by atoms with Gasteiger partial charge in [-0.15, -0.1) is 0 Å². The van der Waals surface area contributed by atoms with Gasteiger partial charge in [-0.05, 0) is 36.2 Å². The lowest BCUT2D eigenvalue weighted by Gasteiger charge is -2.37. The number of benzene rings is 4. The minimum atomic E-state index is -1.51. The van der Waals surface area contributed by atoms with Crippen molar-refractivity contribution in [3.63, 3.8) is 0 Å². The number of halogens is 1. The average molecular weight is 530 g/mol. The highest BCUT2D eigenvalue weighted by molar-refractivity contribution is 6.32. The molecule has 0 N–H and O–H groups in total. The summed E-state index contributed by atoms with van der Waals surface area (Å²) < 4.78 is 0. The second-order valence-corrected chi connectivity index (χ2v) is 11.0. The van der Waals surface area contributed by atoms with Gasteiger partial charge in [-0.2, -0.15) is 0 Å². The van der Waals surface area contributed by atoms with Crippen molar-refractivity contribution in [1.29, 1.82) is 0 Å². The lowest BCUT2D eigenvalue weighted by atomic mass is 9.64. The summed E-state index contributed by atoms with van der Waals surface area (Å²) in [4.78, 5) is 45.8. The van der Waals surface area contributed by atoms with Crippen LogP contribution in [0.1, 0.15) is 53.7 Å². The van der Waals surface area contributed by atoms with E-state index < -0.39 is 23.4 Å². The Morgan fingerprint density at radius 3 is 2.08 bits per heavy atom. The van der Waals surface area contributed by atoms with Gasteiger partial charge in [-0.25, -0.2) is 0 Å². The largest absolute Gasteiger partial charge is 0.352 e. The predicted octanol–water partition coefficient (Wildman–Crippen LogP) is 6.96. The monoisotopic (exact) mass is 529 g/mol. The van der Waals surface area contributed by atoms with Crippen LogP contribution in [0.25, 0.3) is 6.08 Å². The Kier molecular flexibility index (Phi) is 5.26. The number of carbonyl (C=O) groups excluding carboxylic acids is 3. The summed E-state index contributed by atoms with van der Waals surface area (Å²) in [6.07, 6.45) is 3.91. The number of aryl methyl sites for hydroxylation is 1. The smallest absolute Gasteiger partial charge is 0.185 e. The molecule has 0 aromatic heterocycles. The van der Waals surface area contributed by atoms with Gasteiger partial charge in [0.1, 0.15) is 11.5 Å². The Labute approximate surface area is 231 Å². The summed E-state index contributed by atoms with van der Waals surface area (Å²) in [5, 5.41) is 0.544. The van der Waals surface area contributed by atoms with Crippen molar-refractivity contribution in [3.05, 3.63) is 142 Å². The second kappa shape index (κ2) is 8.62. The summed E-state index contributed by atoms with van der Waals surface area (Å²) in [5.74, 6) is -1.34. The van der Waals surface area contributed by atoms with E-state index in [9.17, 15) is 14.4 Å². The number of nitrogens with zero attached hydrogens (tertiary/aromatic N) is 1. The number of hydrogen-bond donors (Lipinski definition) is 0. The standard InChI is InChI=1S/C34H24ClNO3/c1-20-10-12-23(13-11-20)31(37)30-29(22-14-17-24(35)18-15-22)34(32(38)25-7-3-4-8-26(25)33(34)39)28-19-16-21-6-2-5-9-27(21)36(28)30/h2-19,28-30H,1H3/t28?,29-,30+/m0/s1. The summed E-state index contributed by atoms with van der Waals surface area (Å²) in [6, 6.07) is 28.1. The fourth-order valence-electron chi connectivity index (χ4n) is 6.85. The molecule has 4 aromatic rings. The van der Waals surface area contributed by atoms with Crippen LogP contribution in [0, 0.1) is 12.3 Å². The first kappa shape index (κ1) is 23.8. The molecule has 0 bridgehead atoms. The molecular weight excluding hydrogens is 506 g/mol. The van der Waals surface area contributed by atoms with Crippen LogP contribution in [0.3, 0.4) is 0 Å². The van der Waals surface area contributed by atoms with Gasteiger partial charge in [0.05, 0.1) is 6.04 Å². The molecule has 3 atom stereocenters. The highest BCUT2D eigenvalue weighted by atomic mass is 35.5. The van der Waals surface area contributed by atoms with Crippen molar-refractivity contribution in [2.45, 2.75) is 24.9 Å². The van der Waals surface area contributed by atoms with Crippen molar-refractivity contribution >= 4 is 40.7 Å². The Hall–Kier alpha value is -4.28. The molecule has 7 rings (SSSR count). The molecule has 1 unspecified atom stereocenters. The molecule has 3 aliphatic rings. The first-order valence-electron chi connectivity index (χ1n) is 13.0. The third-order valence-electron chi connectivity index (χ3n) is 8.55. The number of anilines is 1. The third kappa shape index (κ3) is 3.22. The Bertz CT molecular complexity index is 1670. The van der Waals surface area contributed by atoms with E-state index in [1.165, 1.54) is 0 Å². The fraction of sp³-hybridized carbons (Fsp3) is 0.147. The minimum Gasteiger partial charge on any atom is -0.352 e. The van der Waals surface area contributed by atoms with Crippen LogP contribution in [0.5, 0.6) is 0 Å². The topological polar surface area (TPSA) is 54.5 Å². The number of ketones is 3. The maximum atomic E-state index is 14.6. The lowest BCUT2D eigenvalue weighted by Crippen LogP contribution is -2.48. The summed E-state index contributed by atoms with van der Waals surface area (Å²) in [6.45, 7) is 1.98. The van der Waals surface area contributed by atoms with E-state index in [1.807, 2.05) is 84.6 Å². The predicted molar refractivity (Wildman–Crippen MR) is 153 cm³/mol. The van der Waals surface area contributed by atoms with Gasteiger partial charge >= 0.3 is 0 Å². The number of Topliss-reactive ketones (excluding diaryl/α,β-unsaturated/α-hetero) is 3. The molecule has 4 aromatic carbocycles. The zero-order chi connectivity index (χ0) is 26.9. The minimum absolute atomic E-state index is 0.126. The number of hydrogen-bond acceptors (Lipinski definition) is 4. The molecule has 0 amide bonds. The van der Waals surface area contributed by atoms with Crippen molar-refractivity contribution in [1.82, 2.24) is 0 Å². The Morgan fingerprint density at radius 2 is 1.41 bits per heavy atom. The lowest BCUT2D eigenvalue weighted by molar-refractivity contribution is 0.0666. The summed E-state index contributed by atoms with van der Waals surface area (Å²) in [5.41, 5.74) is 3.42. The van der Waals surface area contributed by atoms with Crippen molar-refractivity contribution in [2.24, 2.45) is 5.41 Å². The summed E-state index contributed by atoms with van der Waals surface area (Å²) in [7, 11) is 0. The Balaban J connectivity index is 1.54. The third-order valence-corrected chi connectivity index (χ3v) is 8.80. The van der Waals surface area contributed by atoms with E-state index in [0.717, 1.165) is 22.4 Å². The highest BCUT2D eigenvalue weighted by Gasteiger charge is 2.71. The first-order valence-corrected chi connectivity index (χ1v) is 13.4. The van der Waals surface area contributed by atoms with Crippen molar-refractivity contribution < 1.29 is 14.4 Å². The fourth-order valence-corrected chi connectivity index (χ4v) is 6.98. The molecule has 1 aliphatic carbocycles. The zero-order valence-corrected chi connectivity index (χ0v) is 21.9. The summed E-state index contributed by atoms with van der Waals surface area (Å²) >= 11 is 6.28. The molecule has 39 heavy (non-hydrogen) atoms. The molecule has 1 saturated heterocycles. The number of para-hydroxylation sites is 1. The van der Waals surface area contributed by atoms with Crippen LogP contribution in [0.15, 0.2) is 103 Å². The van der Waals surface area contributed by atoms with Crippen LogP contribution >= 0.6 is 11.6 Å². The number of rotatable bonds is 3. The van der Waals surface area contributed by atoms with E-state index in [2.05, 4.69) is 0 Å². The van der Waals surface area contributed by atoms with Crippen LogP contribution in [-0.4, -0.2) is 29.4 Å².